The van der Waals surface area contributed by atoms with Crippen LogP contribution < -0.4 is 10.1 Å². The van der Waals surface area contributed by atoms with Crippen LogP contribution in [0.3, 0.4) is 0 Å². The maximum Gasteiger partial charge on any atom is 0.142 e. The molecule has 78 valence electrons. The zero-order valence-electron chi connectivity index (χ0n) is 8.40. The molecule has 14 heavy (non-hydrogen) atoms. The van der Waals surface area contributed by atoms with Crippen molar-refractivity contribution in [3.8, 4) is 5.75 Å². The Kier molecular flexibility index (Phi) is 3.72. The zero-order valence-corrected chi connectivity index (χ0v) is 9.15. The minimum atomic E-state index is -0.354. The number of nitrogens with one attached hydrogen (secondary N) is 1. The fourth-order valence-corrected chi connectivity index (χ4v) is 1.56. The van der Waals surface area contributed by atoms with Gasteiger partial charge in [-0.05, 0) is 26.1 Å². The molecule has 0 aliphatic carbocycles. The van der Waals surface area contributed by atoms with E-state index in [-0.39, 0.29) is 11.9 Å². The van der Waals surface area contributed by atoms with Gasteiger partial charge in [0.15, 0.2) is 0 Å². The molecule has 1 aromatic carbocycles. The Balaban J connectivity index is 3.24. The maximum absolute atomic E-state index is 13.1. The summed E-state index contributed by atoms with van der Waals surface area (Å²) in [5.41, 5.74) is 0.722. The Labute approximate surface area is 88.0 Å². The van der Waals surface area contributed by atoms with E-state index in [2.05, 4.69) is 5.32 Å². The van der Waals surface area contributed by atoms with Crippen molar-refractivity contribution in [2.24, 2.45) is 0 Å². The number of benzene rings is 1. The highest BCUT2D eigenvalue weighted by atomic mass is 35.5. The number of methoxy groups -OCH3 is 1. The van der Waals surface area contributed by atoms with Crippen molar-refractivity contribution in [3.05, 3.63) is 28.5 Å². The monoisotopic (exact) mass is 217 g/mol. The lowest BCUT2D eigenvalue weighted by Gasteiger charge is -2.16. The van der Waals surface area contributed by atoms with Crippen molar-refractivity contribution in [2.75, 3.05) is 14.2 Å². The van der Waals surface area contributed by atoms with Gasteiger partial charge >= 0.3 is 0 Å². The van der Waals surface area contributed by atoms with Gasteiger partial charge in [0.05, 0.1) is 12.1 Å². The molecule has 0 heterocycles. The largest absolute Gasteiger partial charge is 0.495 e. The molecule has 0 unspecified atom stereocenters. The predicted molar refractivity (Wildman–Crippen MR) is 55.4 cm³/mol. The highest BCUT2D eigenvalue weighted by Gasteiger charge is 2.14. The Hall–Kier alpha value is -0.800. The highest BCUT2D eigenvalue weighted by Crippen LogP contribution is 2.33. The van der Waals surface area contributed by atoms with Gasteiger partial charge < -0.3 is 10.1 Å². The number of hydrogen-bond acceptors (Lipinski definition) is 2. The molecule has 0 saturated carbocycles. The van der Waals surface area contributed by atoms with E-state index >= 15 is 0 Å². The van der Waals surface area contributed by atoms with Crippen molar-refractivity contribution in [1.29, 1.82) is 0 Å². The van der Waals surface area contributed by atoms with E-state index in [1.54, 1.807) is 7.05 Å². The highest BCUT2D eigenvalue weighted by molar-refractivity contribution is 6.32. The second-order valence-corrected chi connectivity index (χ2v) is 3.43. The first kappa shape index (κ1) is 11.3. The van der Waals surface area contributed by atoms with E-state index in [4.69, 9.17) is 16.3 Å². The molecular weight excluding hydrogens is 205 g/mol. The van der Waals surface area contributed by atoms with Gasteiger partial charge in [0.1, 0.15) is 11.6 Å². The number of hydrogen-bond donors (Lipinski definition) is 1. The maximum atomic E-state index is 13.1. The topological polar surface area (TPSA) is 21.3 Å². The van der Waals surface area contributed by atoms with Crippen LogP contribution in [0.15, 0.2) is 12.1 Å². The minimum absolute atomic E-state index is 0.00171. The van der Waals surface area contributed by atoms with E-state index in [0.717, 1.165) is 5.56 Å². The number of ether oxygens (including phenoxy) is 1. The first-order chi connectivity index (χ1) is 6.60. The average molecular weight is 218 g/mol. The lowest BCUT2D eigenvalue weighted by Crippen LogP contribution is -2.13. The molecule has 1 aromatic rings. The fraction of sp³-hybridized carbons (Fsp3) is 0.400. The van der Waals surface area contributed by atoms with Gasteiger partial charge in [0.25, 0.3) is 0 Å². The molecule has 0 aromatic heterocycles. The van der Waals surface area contributed by atoms with Crippen LogP contribution in [0.1, 0.15) is 18.5 Å². The van der Waals surface area contributed by atoms with E-state index in [1.165, 1.54) is 19.2 Å². The summed E-state index contributed by atoms with van der Waals surface area (Å²) in [5, 5.41) is 3.30. The van der Waals surface area contributed by atoms with Crippen LogP contribution in [0.5, 0.6) is 5.75 Å². The normalized spacial score (nSPS) is 12.6. The van der Waals surface area contributed by atoms with Crippen molar-refractivity contribution in [2.45, 2.75) is 13.0 Å². The quantitative estimate of drug-likeness (QED) is 0.841. The first-order valence-corrected chi connectivity index (χ1v) is 4.68. The molecule has 4 heteroatoms. The van der Waals surface area contributed by atoms with Crippen LogP contribution in [0.2, 0.25) is 5.02 Å². The van der Waals surface area contributed by atoms with Crippen LogP contribution in [-0.2, 0) is 0 Å². The number of rotatable bonds is 3. The molecule has 0 bridgehead atoms. The second kappa shape index (κ2) is 4.62. The summed E-state index contributed by atoms with van der Waals surface area (Å²) in [6.07, 6.45) is 0. The van der Waals surface area contributed by atoms with Crippen LogP contribution in [0, 0.1) is 5.82 Å². The molecule has 0 radical (unpaired) electrons. The Morgan fingerprint density at radius 3 is 2.64 bits per heavy atom. The van der Waals surface area contributed by atoms with E-state index in [9.17, 15) is 4.39 Å². The van der Waals surface area contributed by atoms with Crippen molar-refractivity contribution < 1.29 is 9.13 Å². The third-order valence-corrected chi connectivity index (χ3v) is 2.42. The minimum Gasteiger partial charge on any atom is -0.495 e. The van der Waals surface area contributed by atoms with E-state index < -0.39 is 0 Å². The molecule has 1 rings (SSSR count). The van der Waals surface area contributed by atoms with Crippen LogP contribution in [0.25, 0.3) is 0 Å². The zero-order chi connectivity index (χ0) is 10.7. The lowest BCUT2D eigenvalue weighted by molar-refractivity contribution is 0.402. The van der Waals surface area contributed by atoms with Gasteiger partial charge in [-0.1, -0.05) is 11.6 Å². The van der Waals surface area contributed by atoms with E-state index in [0.29, 0.717) is 10.8 Å². The standard InChI is InChI=1S/C10H13ClFNO/c1-6(13-2)8-4-7(12)5-9(11)10(8)14-3/h4-6,13H,1-3H3/t6-/m0/s1. The molecule has 0 saturated heterocycles. The van der Waals surface area contributed by atoms with E-state index in [1.807, 2.05) is 6.92 Å². The Morgan fingerprint density at radius 1 is 1.50 bits per heavy atom. The van der Waals surface area contributed by atoms with Gasteiger partial charge in [-0.25, -0.2) is 4.39 Å². The van der Waals surface area contributed by atoms with Gasteiger partial charge in [-0.3, -0.25) is 0 Å². The summed E-state index contributed by atoms with van der Waals surface area (Å²) < 4.78 is 18.2. The average Bonchev–Trinajstić information content (AvgIpc) is 2.15. The first-order valence-electron chi connectivity index (χ1n) is 4.30. The van der Waals surface area contributed by atoms with Gasteiger partial charge in [-0.15, -0.1) is 0 Å². The van der Waals surface area contributed by atoms with Crippen LogP contribution >= 0.6 is 11.6 Å². The molecule has 1 atom stereocenters. The van der Waals surface area contributed by atoms with Crippen LogP contribution in [-0.4, -0.2) is 14.2 Å². The molecule has 1 N–H and O–H groups in total. The molecule has 0 aliphatic rings. The van der Waals surface area contributed by atoms with Crippen molar-refractivity contribution >= 4 is 11.6 Å². The second-order valence-electron chi connectivity index (χ2n) is 3.02. The van der Waals surface area contributed by atoms with Crippen LogP contribution in [0.4, 0.5) is 4.39 Å². The summed E-state index contributed by atoms with van der Waals surface area (Å²) in [6.45, 7) is 1.91. The van der Waals surface area contributed by atoms with Gasteiger partial charge in [0.2, 0.25) is 0 Å². The molecule has 0 fully saturated rings. The molecule has 0 amide bonds. The van der Waals surface area contributed by atoms with Gasteiger partial charge in [0, 0.05) is 11.6 Å². The summed E-state index contributed by atoms with van der Waals surface area (Å²) in [5.74, 6) is 0.169. The summed E-state index contributed by atoms with van der Waals surface area (Å²) in [6, 6.07) is 2.66. The molecule has 2 nitrogen and oxygen atoms in total. The Bertz CT molecular complexity index is 330. The number of halogens is 2. The molecule has 0 spiro atoms. The summed E-state index contributed by atoms with van der Waals surface area (Å²) in [7, 11) is 3.31. The molecular formula is C10H13ClFNO. The lowest BCUT2D eigenvalue weighted by atomic mass is 10.1. The van der Waals surface area contributed by atoms with Crippen molar-refractivity contribution in [3.63, 3.8) is 0 Å². The smallest absolute Gasteiger partial charge is 0.142 e. The predicted octanol–water partition coefficient (Wildman–Crippen LogP) is 2.77. The Morgan fingerprint density at radius 2 is 2.14 bits per heavy atom. The summed E-state index contributed by atoms with van der Waals surface area (Å²) >= 11 is 5.84. The SMILES string of the molecule is CN[C@@H](C)c1cc(F)cc(Cl)c1OC. The van der Waals surface area contributed by atoms with Gasteiger partial charge in [-0.2, -0.15) is 0 Å². The third kappa shape index (κ3) is 2.16. The fourth-order valence-electron chi connectivity index (χ4n) is 1.27. The van der Waals surface area contributed by atoms with Crippen molar-refractivity contribution in [1.82, 2.24) is 5.32 Å². The summed E-state index contributed by atoms with van der Waals surface area (Å²) in [4.78, 5) is 0. The molecule has 0 aliphatic heterocycles. The third-order valence-electron chi connectivity index (χ3n) is 2.14.